The number of sulfone groups is 1. The largest absolute Gasteiger partial charge is 0.340 e. The van der Waals surface area contributed by atoms with Gasteiger partial charge in [-0.2, -0.15) is 0 Å². The van der Waals surface area contributed by atoms with Crippen molar-refractivity contribution in [2.24, 2.45) is 0 Å². The van der Waals surface area contributed by atoms with Crippen LogP contribution in [0, 0.1) is 0 Å². The van der Waals surface area contributed by atoms with Crippen LogP contribution in [0.3, 0.4) is 0 Å². The van der Waals surface area contributed by atoms with Crippen molar-refractivity contribution in [3.8, 4) is 0 Å². The monoisotopic (exact) mass is 275 g/mol. The van der Waals surface area contributed by atoms with Crippen LogP contribution in [0.2, 0.25) is 0 Å². The molecule has 2 rings (SSSR count). The second kappa shape index (κ2) is 5.54. The first-order valence-electron chi connectivity index (χ1n) is 6.44. The Labute approximate surface area is 108 Å². The van der Waals surface area contributed by atoms with Gasteiger partial charge in [0.05, 0.1) is 17.5 Å². The molecule has 0 aromatic carbocycles. The molecule has 2 aliphatic rings. The molecule has 7 heteroatoms. The summed E-state index contributed by atoms with van der Waals surface area (Å²) >= 11 is 0. The molecule has 104 valence electrons. The molecule has 0 saturated carbocycles. The Morgan fingerprint density at radius 1 is 1.17 bits per heavy atom. The molecule has 18 heavy (non-hydrogen) atoms. The fraction of sp³-hybridized carbons (Fsp3) is 0.909. The summed E-state index contributed by atoms with van der Waals surface area (Å²) in [4.78, 5) is 13.9. The third-order valence-corrected chi connectivity index (χ3v) is 5.22. The number of hydrogen-bond acceptors (Lipinski definition) is 5. The van der Waals surface area contributed by atoms with Gasteiger partial charge < -0.3 is 15.5 Å². The Morgan fingerprint density at radius 2 is 1.94 bits per heavy atom. The Balaban J connectivity index is 1.93. The number of carbonyl (C=O) groups is 1. The molecule has 0 spiro atoms. The third kappa shape index (κ3) is 3.43. The molecule has 0 aliphatic carbocycles. The highest BCUT2D eigenvalue weighted by Gasteiger charge is 2.29. The van der Waals surface area contributed by atoms with Crippen molar-refractivity contribution in [1.82, 2.24) is 15.5 Å². The molecule has 0 aromatic heterocycles. The zero-order chi connectivity index (χ0) is 13.2. The van der Waals surface area contributed by atoms with Crippen molar-refractivity contribution in [3.05, 3.63) is 0 Å². The summed E-state index contributed by atoms with van der Waals surface area (Å²) in [7, 11) is -2.96. The molecular weight excluding hydrogens is 254 g/mol. The number of amides is 1. The lowest BCUT2D eigenvalue weighted by Crippen LogP contribution is -2.59. The molecule has 2 atom stereocenters. The van der Waals surface area contributed by atoms with Crippen molar-refractivity contribution in [3.63, 3.8) is 0 Å². The highest BCUT2D eigenvalue weighted by molar-refractivity contribution is 7.91. The van der Waals surface area contributed by atoms with Crippen molar-refractivity contribution < 1.29 is 13.2 Å². The summed E-state index contributed by atoms with van der Waals surface area (Å²) in [5.41, 5.74) is 0. The molecule has 2 fully saturated rings. The topological polar surface area (TPSA) is 78.5 Å². The van der Waals surface area contributed by atoms with E-state index in [0.717, 1.165) is 6.54 Å². The lowest BCUT2D eigenvalue weighted by molar-refractivity contribution is -0.133. The van der Waals surface area contributed by atoms with E-state index in [1.807, 2.05) is 0 Å². The first-order chi connectivity index (χ1) is 8.48. The Morgan fingerprint density at radius 3 is 2.61 bits per heavy atom. The van der Waals surface area contributed by atoms with E-state index in [9.17, 15) is 13.2 Å². The van der Waals surface area contributed by atoms with Gasteiger partial charge in [-0.3, -0.25) is 4.79 Å². The van der Waals surface area contributed by atoms with E-state index in [0.29, 0.717) is 32.1 Å². The van der Waals surface area contributed by atoms with Crippen LogP contribution in [-0.2, 0) is 14.6 Å². The molecule has 2 N–H and O–H groups in total. The number of hydrogen-bond donors (Lipinski definition) is 2. The molecule has 2 aliphatic heterocycles. The van der Waals surface area contributed by atoms with E-state index in [1.54, 1.807) is 4.90 Å². The minimum Gasteiger partial charge on any atom is -0.340 e. The van der Waals surface area contributed by atoms with Crippen LogP contribution in [0.1, 0.15) is 13.3 Å². The van der Waals surface area contributed by atoms with Gasteiger partial charge in [0.25, 0.3) is 0 Å². The van der Waals surface area contributed by atoms with Gasteiger partial charge in [-0.1, -0.05) is 0 Å². The molecule has 6 nitrogen and oxygen atoms in total. The maximum Gasteiger partial charge on any atom is 0.241 e. The van der Waals surface area contributed by atoms with E-state index < -0.39 is 9.84 Å². The van der Waals surface area contributed by atoms with Crippen LogP contribution >= 0.6 is 0 Å². The average molecular weight is 275 g/mol. The van der Waals surface area contributed by atoms with E-state index in [-0.39, 0.29) is 23.5 Å². The molecular formula is C11H21N3O3S. The van der Waals surface area contributed by atoms with Crippen LogP contribution in [0.25, 0.3) is 0 Å². The Kier molecular flexibility index (Phi) is 4.24. The molecule has 0 bridgehead atoms. The van der Waals surface area contributed by atoms with Crippen molar-refractivity contribution in [2.45, 2.75) is 25.4 Å². The summed E-state index contributed by atoms with van der Waals surface area (Å²) in [6, 6.07) is 0.153. The van der Waals surface area contributed by atoms with Gasteiger partial charge in [0.2, 0.25) is 5.91 Å². The fourth-order valence-electron chi connectivity index (χ4n) is 2.34. The van der Waals surface area contributed by atoms with Gasteiger partial charge in [0.1, 0.15) is 0 Å². The van der Waals surface area contributed by atoms with Gasteiger partial charge in [0.15, 0.2) is 9.84 Å². The number of nitrogens with one attached hydrogen (secondary N) is 2. The number of nitrogens with zero attached hydrogens (tertiary/aromatic N) is 1. The van der Waals surface area contributed by atoms with Crippen LogP contribution < -0.4 is 10.6 Å². The quantitative estimate of drug-likeness (QED) is 0.614. The average Bonchev–Trinajstić information content (AvgIpc) is 2.50. The first kappa shape index (κ1) is 13.8. The lowest BCUT2D eigenvalue weighted by Gasteiger charge is -2.32. The highest BCUT2D eigenvalue weighted by Crippen LogP contribution is 2.07. The highest BCUT2D eigenvalue weighted by atomic mass is 32.2. The molecule has 0 aromatic rings. The fourth-order valence-corrected chi connectivity index (χ4v) is 3.61. The smallest absolute Gasteiger partial charge is 0.241 e. The van der Waals surface area contributed by atoms with E-state index >= 15 is 0 Å². The summed E-state index contributed by atoms with van der Waals surface area (Å²) in [6.45, 7) is 4.32. The SMILES string of the molecule is CC1CNC(C(=O)N2CCCS(=O)(=O)CC2)CN1. The van der Waals surface area contributed by atoms with Gasteiger partial charge in [0, 0.05) is 32.2 Å². The number of rotatable bonds is 1. The number of piperazine rings is 1. The van der Waals surface area contributed by atoms with Crippen LogP contribution in [0.4, 0.5) is 0 Å². The lowest BCUT2D eigenvalue weighted by atomic mass is 10.1. The maximum absolute atomic E-state index is 12.3. The van der Waals surface area contributed by atoms with E-state index in [2.05, 4.69) is 17.6 Å². The van der Waals surface area contributed by atoms with E-state index in [1.165, 1.54) is 0 Å². The molecule has 1 amide bonds. The summed E-state index contributed by atoms with van der Waals surface area (Å²) < 4.78 is 23.0. The second-order valence-corrected chi connectivity index (χ2v) is 7.40. The van der Waals surface area contributed by atoms with Crippen molar-refractivity contribution in [1.29, 1.82) is 0 Å². The predicted octanol–water partition coefficient (Wildman–Crippen LogP) is -1.42. The maximum atomic E-state index is 12.3. The van der Waals surface area contributed by atoms with Gasteiger partial charge in [-0.25, -0.2) is 8.42 Å². The third-order valence-electron chi connectivity index (χ3n) is 3.51. The molecule has 2 unspecified atom stereocenters. The predicted molar refractivity (Wildman–Crippen MR) is 69.1 cm³/mol. The second-order valence-electron chi connectivity index (χ2n) is 5.10. The molecule has 2 heterocycles. The summed E-state index contributed by atoms with van der Waals surface area (Å²) in [6.07, 6.45) is 0.546. The molecule has 2 saturated heterocycles. The summed E-state index contributed by atoms with van der Waals surface area (Å²) in [5, 5.41) is 6.46. The van der Waals surface area contributed by atoms with Gasteiger partial charge in [-0.15, -0.1) is 0 Å². The van der Waals surface area contributed by atoms with Gasteiger partial charge in [-0.05, 0) is 13.3 Å². The normalized spacial score (nSPS) is 32.8. The Bertz CT molecular complexity index is 402. The zero-order valence-electron chi connectivity index (χ0n) is 10.7. The van der Waals surface area contributed by atoms with Gasteiger partial charge >= 0.3 is 0 Å². The first-order valence-corrected chi connectivity index (χ1v) is 8.26. The standard InChI is InChI=1S/C11H21N3O3S/c1-9-7-13-10(8-12-9)11(15)14-3-2-5-18(16,17)6-4-14/h9-10,12-13H,2-8H2,1H3. The number of carbonyl (C=O) groups excluding carboxylic acids is 1. The minimum atomic E-state index is -2.96. The minimum absolute atomic E-state index is 0.0199. The van der Waals surface area contributed by atoms with Crippen molar-refractivity contribution in [2.75, 3.05) is 37.7 Å². The van der Waals surface area contributed by atoms with E-state index in [4.69, 9.17) is 0 Å². The zero-order valence-corrected chi connectivity index (χ0v) is 11.5. The molecule has 0 radical (unpaired) electrons. The van der Waals surface area contributed by atoms with Crippen molar-refractivity contribution >= 4 is 15.7 Å². The van der Waals surface area contributed by atoms with Crippen LogP contribution in [0.15, 0.2) is 0 Å². The van der Waals surface area contributed by atoms with Crippen LogP contribution in [0.5, 0.6) is 0 Å². The Hall–Kier alpha value is -0.660. The van der Waals surface area contributed by atoms with Crippen LogP contribution in [-0.4, -0.2) is 69.0 Å². The summed E-state index contributed by atoms with van der Waals surface area (Å²) in [5.74, 6) is 0.311.